The lowest BCUT2D eigenvalue weighted by Gasteiger charge is -2.37. The van der Waals surface area contributed by atoms with Crippen molar-refractivity contribution in [2.24, 2.45) is 0 Å². The van der Waals surface area contributed by atoms with E-state index in [4.69, 9.17) is 0 Å². The summed E-state index contributed by atoms with van der Waals surface area (Å²) in [5.41, 5.74) is 4.50. The van der Waals surface area contributed by atoms with Crippen LogP contribution in [0.15, 0.2) is 54.7 Å². The molecule has 38 heavy (non-hydrogen) atoms. The maximum atomic E-state index is 13.7. The van der Waals surface area contributed by atoms with Crippen LogP contribution in [0.25, 0.3) is 0 Å². The van der Waals surface area contributed by atoms with E-state index in [0.717, 1.165) is 21.2 Å². The topological polar surface area (TPSA) is 99.6 Å². The maximum absolute atomic E-state index is 13.7. The van der Waals surface area contributed by atoms with Gasteiger partial charge in [0.1, 0.15) is 11.9 Å². The van der Waals surface area contributed by atoms with E-state index < -0.39 is 12.1 Å². The van der Waals surface area contributed by atoms with Crippen molar-refractivity contribution in [2.75, 3.05) is 18.4 Å². The van der Waals surface area contributed by atoms with Crippen LogP contribution < -0.4 is 10.6 Å². The highest BCUT2D eigenvalue weighted by molar-refractivity contribution is 14.1. The summed E-state index contributed by atoms with van der Waals surface area (Å²) in [7, 11) is 0. The van der Waals surface area contributed by atoms with Gasteiger partial charge >= 0.3 is 12.1 Å². The van der Waals surface area contributed by atoms with Crippen molar-refractivity contribution in [3.63, 3.8) is 0 Å². The molecule has 0 saturated carbocycles. The first-order valence-electron chi connectivity index (χ1n) is 12.8. The molecule has 1 aromatic heterocycles. The maximum Gasteiger partial charge on any atom is 0.330 e. The van der Waals surface area contributed by atoms with Gasteiger partial charge in [0.2, 0.25) is 5.91 Å². The van der Waals surface area contributed by atoms with Crippen LogP contribution >= 0.6 is 22.6 Å². The molecule has 2 aliphatic rings. The Morgan fingerprint density at radius 3 is 2.50 bits per heavy atom. The predicted molar refractivity (Wildman–Crippen MR) is 153 cm³/mol. The lowest BCUT2D eigenvalue weighted by molar-refractivity contribution is -0.134. The largest absolute Gasteiger partial charge is 0.340 e. The second-order valence-corrected chi connectivity index (χ2v) is 10.6. The molecular formula is C28H31IN6O3. The number of halogens is 1. The molecule has 0 spiro atoms. The van der Waals surface area contributed by atoms with Gasteiger partial charge < -0.3 is 20.4 Å². The Balaban J connectivity index is 1.25. The molecule has 1 atom stereocenters. The standard InChI is InChI=1S/C28H31IN6O3/c1-18-14-20(15-29)8-9-24(18)31-27(37)32-25(21-6-4-3-5-7-21)26(36)33-12-10-22(11-13-33)34-17-23-16-30-19(2)35(23)28(34)38/h3-9,14,16,22,25H,10-13,15,17H2,1-2H3,(H2,31,32,37). The highest BCUT2D eigenvalue weighted by Gasteiger charge is 2.37. The molecule has 2 N–H and O–H groups in total. The number of hydrogen-bond acceptors (Lipinski definition) is 4. The summed E-state index contributed by atoms with van der Waals surface area (Å²) in [6.07, 6.45) is 3.13. The number of carbonyl (C=O) groups excluding carboxylic acids is 3. The number of nitrogens with zero attached hydrogens (tertiary/aromatic N) is 4. The molecular weight excluding hydrogens is 595 g/mol. The number of likely N-dealkylation sites (tertiary alicyclic amines) is 1. The minimum absolute atomic E-state index is 0.0397. The van der Waals surface area contributed by atoms with Gasteiger partial charge in [-0.15, -0.1) is 0 Å². The Kier molecular flexibility index (Phi) is 7.68. The summed E-state index contributed by atoms with van der Waals surface area (Å²) in [5, 5.41) is 5.81. The van der Waals surface area contributed by atoms with Crippen LogP contribution in [0.3, 0.4) is 0 Å². The Hall–Kier alpha value is -3.41. The number of fused-ring (bicyclic) bond motifs is 1. The van der Waals surface area contributed by atoms with Gasteiger partial charge in [-0.05, 0) is 49.4 Å². The van der Waals surface area contributed by atoms with Gasteiger partial charge in [0.15, 0.2) is 0 Å². The second-order valence-electron chi connectivity index (χ2n) is 9.82. The smallest absolute Gasteiger partial charge is 0.330 e. The molecule has 1 unspecified atom stereocenters. The van der Waals surface area contributed by atoms with Crippen LogP contribution in [0.5, 0.6) is 0 Å². The lowest BCUT2D eigenvalue weighted by atomic mass is 10.0. The van der Waals surface area contributed by atoms with E-state index in [2.05, 4.69) is 38.2 Å². The second kappa shape index (κ2) is 11.1. The number of hydrogen-bond donors (Lipinski definition) is 2. The van der Waals surface area contributed by atoms with Crippen molar-refractivity contribution in [1.29, 1.82) is 0 Å². The van der Waals surface area contributed by atoms with Gasteiger partial charge in [-0.2, -0.15) is 0 Å². The number of alkyl halides is 1. The number of amides is 4. The Bertz CT molecular complexity index is 1350. The zero-order valence-electron chi connectivity index (χ0n) is 21.5. The van der Waals surface area contributed by atoms with Crippen molar-refractivity contribution < 1.29 is 14.4 Å². The van der Waals surface area contributed by atoms with Crippen LogP contribution in [0.2, 0.25) is 0 Å². The first-order valence-corrected chi connectivity index (χ1v) is 14.3. The molecule has 1 saturated heterocycles. The van der Waals surface area contributed by atoms with E-state index in [1.54, 1.807) is 15.7 Å². The third kappa shape index (κ3) is 5.27. The van der Waals surface area contributed by atoms with Gasteiger partial charge in [0.05, 0.1) is 18.4 Å². The summed E-state index contributed by atoms with van der Waals surface area (Å²) < 4.78 is 2.56. The number of piperidine rings is 1. The average Bonchev–Trinajstić information content (AvgIpc) is 3.47. The van der Waals surface area contributed by atoms with Crippen LogP contribution in [0.4, 0.5) is 15.3 Å². The molecule has 0 bridgehead atoms. The van der Waals surface area contributed by atoms with Crippen molar-refractivity contribution >= 4 is 46.2 Å². The highest BCUT2D eigenvalue weighted by Crippen LogP contribution is 2.27. The van der Waals surface area contributed by atoms with Crippen LogP contribution in [-0.2, 0) is 15.8 Å². The summed E-state index contributed by atoms with van der Waals surface area (Å²) >= 11 is 2.31. The van der Waals surface area contributed by atoms with Gasteiger partial charge in [0.25, 0.3) is 0 Å². The van der Waals surface area contributed by atoms with E-state index in [1.165, 1.54) is 5.56 Å². The Morgan fingerprint density at radius 1 is 1.11 bits per heavy atom. The monoisotopic (exact) mass is 626 g/mol. The normalized spacial score (nSPS) is 16.3. The first kappa shape index (κ1) is 26.2. The third-order valence-electron chi connectivity index (χ3n) is 7.35. The molecule has 198 valence electrons. The molecule has 1 fully saturated rings. The number of rotatable bonds is 6. The van der Waals surface area contributed by atoms with Crippen LogP contribution in [0.1, 0.15) is 47.1 Å². The van der Waals surface area contributed by atoms with E-state index in [-0.39, 0.29) is 18.0 Å². The zero-order valence-corrected chi connectivity index (χ0v) is 23.6. The number of urea groups is 1. The molecule has 5 rings (SSSR count). The fourth-order valence-electron chi connectivity index (χ4n) is 5.27. The average molecular weight is 626 g/mol. The van der Waals surface area contributed by atoms with Crippen LogP contribution in [0, 0.1) is 13.8 Å². The number of imidazole rings is 1. The molecule has 0 radical (unpaired) electrons. The lowest BCUT2D eigenvalue weighted by Crippen LogP contribution is -2.50. The summed E-state index contributed by atoms with van der Waals surface area (Å²) in [6, 6.07) is 14.0. The van der Waals surface area contributed by atoms with Gasteiger partial charge in [-0.3, -0.25) is 9.36 Å². The number of benzene rings is 2. The molecule has 4 amide bonds. The quantitative estimate of drug-likeness (QED) is 0.304. The summed E-state index contributed by atoms with van der Waals surface area (Å²) in [6.45, 7) is 5.37. The van der Waals surface area contributed by atoms with E-state index in [1.807, 2.05) is 67.3 Å². The Morgan fingerprint density at radius 2 is 1.84 bits per heavy atom. The minimum Gasteiger partial charge on any atom is -0.340 e. The first-order chi connectivity index (χ1) is 18.4. The zero-order chi connectivity index (χ0) is 26.8. The molecule has 0 aliphatic carbocycles. The van der Waals surface area contributed by atoms with Gasteiger partial charge in [-0.25, -0.2) is 14.6 Å². The fraction of sp³-hybridized carbons (Fsp3) is 0.357. The van der Waals surface area contributed by atoms with Crippen molar-refractivity contribution in [1.82, 2.24) is 24.7 Å². The summed E-state index contributed by atoms with van der Waals surface area (Å²) in [5.74, 6) is 0.548. The summed E-state index contributed by atoms with van der Waals surface area (Å²) in [4.78, 5) is 47.6. The minimum atomic E-state index is -0.815. The van der Waals surface area contributed by atoms with E-state index >= 15 is 0 Å². The number of anilines is 1. The van der Waals surface area contributed by atoms with E-state index in [0.29, 0.717) is 44.0 Å². The molecule has 3 aromatic rings. The third-order valence-corrected chi connectivity index (χ3v) is 8.23. The molecule has 9 nitrogen and oxygen atoms in total. The van der Waals surface area contributed by atoms with Crippen molar-refractivity contribution in [3.8, 4) is 0 Å². The number of carbonyl (C=O) groups is 3. The van der Waals surface area contributed by atoms with Crippen molar-refractivity contribution in [2.45, 2.75) is 49.7 Å². The fourth-order valence-corrected chi connectivity index (χ4v) is 5.75. The van der Waals surface area contributed by atoms with E-state index in [9.17, 15) is 14.4 Å². The van der Waals surface area contributed by atoms with Crippen LogP contribution in [-0.4, -0.2) is 56.5 Å². The molecule has 3 heterocycles. The number of aromatic nitrogens is 2. The Labute approximate surface area is 235 Å². The predicted octanol–water partition coefficient (Wildman–Crippen LogP) is 4.77. The van der Waals surface area contributed by atoms with Crippen molar-refractivity contribution in [3.05, 3.63) is 82.9 Å². The molecule has 10 heteroatoms. The van der Waals surface area contributed by atoms with Gasteiger partial charge in [0, 0.05) is 29.2 Å². The molecule has 2 aromatic carbocycles. The highest BCUT2D eigenvalue weighted by atomic mass is 127. The molecule has 2 aliphatic heterocycles. The number of nitrogens with one attached hydrogen (secondary N) is 2. The SMILES string of the molecule is Cc1cc(CI)ccc1NC(=O)NC(C(=O)N1CCC(N2Cc3cnc(C)n3C2=O)CC1)c1ccccc1. The van der Waals surface area contributed by atoms with Gasteiger partial charge in [-0.1, -0.05) is 65.1 Å². The number of aryl methyl sites for hydroxylation is 2.